The van der Waals surface area contributed by atoms with Crippen LogP contribution in [0, 0.1) is 5.82 Å². The lowest BCUT2D eigenvalue weighted by atomic mass is 10.1. The van der Waals surface area contributed by atoms with Crippen LogP contribution in [0.15, 0.2) is 59.5 Å². The first-order chi connectivity index (χ1) is 14.0. The van der Waals surface area contributed by atoms with Crippen LogP contribution in [0.4, 0.5) is 4.39 Å². The lowest BCUT2D eigenvalue weighted by Gasteiger charge is -2.30. The average Bonchev–Trinajstić information content (AvgIpc) is 2.74. The molecule has 1 atom stereocenters. The van der Waals surface area contributed by atoms with E-state index >= 15 is 0 Å². The molecule has 0 spiro atoms. The standard InChI is InChI=1S/C23H29FN2O2S/c1-3-5-15-25-23(28)21(4-2)26(16-18-11-13-19(24)14-12-18)22(27)17-29-20-9-7-6-8-10-20/h6-14,21H,3-5,15-17H2,1-2H3,(H,25,28)/t21-/m1/s1. The van der Waals surface area contributed by atoms with Crippen molar-refractivity contribution in [2.75, 3.05) is 12.3 Å². The first-order valence-electron chi connectivity index (χ1n) is 10.0. The third-order valence-corrected chi connectivity index (χ3v) is 5.58. The van der Waals surface area contributed by atoms with Crippen LogP contribution in [0.1, 0.15) is 38.7 Å². The van der Waals surface area contributed by atoms with Crippen molar-refractivity contribution >= 4 is 23.6 Å². The Balaban J connectivity index is 2.14. The maximum Gasteiger partial charge on any atom is 0.242 e. The van der Waals surface area contributed by atoms with E-state index in [-0.39, 0.29) is 29.9 Å². The van der Waals surface area contributed by atoms with Gasteiger partial charge in [0.2, 0.25) is 11.8 Å². The molecule has 4 nitrogen and oxygen atoms in total. The summed E-state index contributed by atoms with van der Waals surface area (Å²) in [7, 11) is 0. The van der Waals surface area contributed by atoms with Gasteiger partial charge in [0.1, 0.15) is 11.9 Å². The normalized spacial score (nSPS) is 11.7. The molecular weight excluding hydrogens is 387 g/mol. The lowest BCUT2D eigenvalue weighted by molar-refractivity contribution is -0.139. The molecular formula is C23H29FN2O2S. The van der Waals surface area contributed by atoms with E-state index in [4.69, 9.17) is 0 Å². The third-order valence-electron chi connectivity index (χ3n) is 4.59. The quantitative estimate of drug-likeness (QED) is 0.429. The minimum absolute atomic E-state index is 0.110. The highest BCUT2D eigenvalue weighted by atomic mass is 32.2. The Morgan fingerprint density at radius 3 is 2.38 bits per heavy atom. The largest absolute Gasteiger partial charge is 0.354 e. The molecule has 156 valence electrons. The van der Waals surface area contributed by atoms with Gasteiger partial charge in [0.25, 0.3) is 0 Å². The Morgan fingerprint density at radius 2 is 1.76 bits per heavy atom. The molecule has 6 heteroatoms. The monoisotopic (exact) mass is 416 g/mol. The number of benzene rings is 2. The fourth-order valence-corrected chi connectivity index (χ4v) is 3.76. The summed E-state index contributed by atoms with van der Waals surface area (Å²) >= 11 is 1.45. The van der Waals surface area contributed by atoms with Crippen molar-refractivity contribution in [3.63, 3.8) is 0 Å². The molecule has 0 aliphatic rings. The molecule has 0 aliphatic heterocycles. The van der Waals surface area contributed by atoms with Crippen molar-refractivity contribution in [2.45, 2.75) is 50.6 Å². The van der Waals surface area contributed by atoms with Crippen molar-refractivity contribution in [1.29, 1.82) is 0 Å². The van der Waals surface area contributed by atoms with Crippen LogP contribution in [0.25, 0.3) is 0 Å². The molecule has 2 aromatic carbocycles. The maximum absolute atomic E-state index is 13.3. The molecule has 0 heterocycles. The Morgan fingerprint density at radius 1 is 1.07 bits per heavy atom. The number of hydrogen-bond acceptors (Lipinski definition) is 3. The molecule has 0 unspecified atom stereocenters. The zero-order chi connectivity index (χ0) is 21.1. The summed E-state index contributed by atoms with van der Waals surface area (Å²) in [4.78, 5) is 28.4. The molecule has 0 aromatic heterocycles. The number of rotatable bonds is 11. The Hall–Kier alpha value is -2.34. The highest BCUT2D eigenvalue weighted by Crippen LogP contribution is 2.20. The number of nitrogens with zero attached hydrogens (tertiary/aromatic N) is 1. The first kappa shape index (κ1) is 22.9. The van der Waals surface area contributed by atoms with Gasteiger partial charge >= 0.3 is 0 Å². The number of carbonyl (C=O) groups excluding carboxylic acids is 2. The van der Waals surface area contributed by atoms with E-state index in [1.807, 2.05) is 37.3 Å². The Labute approximate surface area is 176 Å². The molecule has 0 radical (unpaired) electrons. The predicted molar refractivity (Wildman–Crippen MR) is 116 cm³/mol. The van der Waals surface area contributed by atoms with Crippen molar-refractivity contribution in [3.05, 3.63) is 66.0 Å². The highest BCUT2D eigenvalue weighted by Gasteiger charge is 2.28. The van der Waals surface area contributed by atoms with E-state index in [1.54, 1.807) is 17.0 Å². The summed E-state index contributed by atoms with van der Waals surface area (Å²) in [6.07, 6.45) is 2.40. The molecule has 0 fully saturated rings. The van der Waals surface area contributed by atoms with Crippen LogP contribution in [-0.2, 0) is 16.1 Å². The fraction of sp³-hybridized carbons (Fsp3) is 0.391. The van der Waals surface area contributed by atoms with Gasteiger partial charge < -0.3 is 10.2 Å². The summed E-state index contributed by atoms with van der Waals surface area (Å²) in [5.41, 5.74) is 0.796. The van der Waals surface area contributed by atoms with Gasteiger partial charge in [-0.05, 0) is 42.7 Å². The van der Waals surface area contributed by atoms with Gasteiger partial charge in [-0.1, -0.05) is 50.6 Å². The molecule has 0 saturated carbocycles. The van der Waals surface area contributed by atoms with Gasteiger partial charge in [-0.3, -0.25) is 9.59 Å². The molecule has 2 rings (SSSR count). The second-order valence-corrected chi connectivity index (χ2v) is 7.87. The molecule has 29 heavy (non-hydrogen) atoms. The number of unbranched alkanes of at least 4 members (excludes halogenated alkanes) is 1. The van der Waals surface area contributed by atoms with E-state index in [0.717, 1.165) is 23.3 Å². The van der Waals surface area contributed by atoms with E-state index in [9.17, 15) is 14.0 Å². The van der Waals surface area contributed by atoms with Crippen molar-refractivity contribution in [3.8, 4) is 0 Å². The summed E-state index contributed by atoms with van der Waals surface area (Å²) < 4.78 is 13.3. The van der Waals surface area contributed by atoms with Crippen LogP contribution in [0.2, 0.25) is 0 Å². The number of halogens is 1. The highest BCUT2D eigenvalue weighted by molar-refractivity contribution is 8.00. The maximum atomic E-state index is 13.3. The van der Waals surface area contributed by atoms with Crippen LogP contribution < -0.4 is 5.32 Å². The minimum Gasteiger partial charge on any atom is -0.354 e. The number of nitrogens with one attached hydrogen (secondary N) is 1. The molecule has 2 amide bonds. The zero-order valence-corrected chi connectivity index (χ0v) is 17.9. The number of carbonyl (C=O) groups is 2. The summed E-state index contributed by atoms with van der Waals surface area (Å²) in [5, 5.41) is 2.94. The predicted octanol–water partition coefficient (Wildman–Crippen LogP) is 4.64. The fourth-order valence-electron chi connectivity index (χ4n) is 2.96. The third kappa shape index (κ3) is 7.54. The molecule has 0 aliphatic carbocycles. The Bertz CT molecular complexity index is 768. The van der Waals surface area contributed by atoms with Crippen LogP contribution in [0.5, 0.6) is 0 Å². The van der Waals surface area contributed by atoms with Crippen LogP contribution in [-0.4, -0.2) is 35.1 Å². The van der Waals surface area contributed by atoms with E-state index < -0.39 is 6.04 Å². The Kier molecular flexibility index (Phi) is 9.71. The van der Waals surface area contributed by atoms with Crippen LogP contribution >= 0.6 is 11.8 Å². The summed E-state index contributed by atoms with van der Waals surface area (Å²) in [6.45, 7) is 4.84. The van der Waals surface area contributed by atoms with E-state index in [1.165, 1.54) is 23.9 Å². The summed E-state index contributed by atoms with van der Waals surface area (Å²) in [5.74, 6) is -0.332. The van der Waals surface area contributed by atoms with Gasteiger partial charge in [0.15, 0.2) is 0 Å². The molecule has 0 saturated heterocycles. The molecule has 2 aromatic rings. The molecule has 1 N–H and O–H groups in total. The number of amides is 2. The minimum atomic E-state index is -0.555. The first-order valence-corrected chi connectivity index (χ1v) is 11.0. The summed E-state index contributed by atoms with van der Waals surface area (Å²) in [6, 6.07) is 15.2. The van der Waals surface area contributed by atoms with Crippen molar-refractivity contribution in [2.24, 2.45) is 0 Å². The number of thioether (sulfide) groups is 1. The topological polar surface area (TPSA) is 49.4 Å². The van der Waals surface area contributed by atoms with Gasteiger partial charge in [0, 0.05) is 18.0 Å². The van der Waals surface area contributed by atoms with Gasteiger partial charge in [-0.15, -0.1) is 11.8 Å². The van der Waals surface area contributed by atoms with Crippen molar-refractivity contribution in [1.82, 2.24) is 10.2 Å². The zero-order valence-electron chi connectivity index (χ0n) is 17.1. The van der Waals surface area contributed by atoms with Gasteiger partial charge in [-0.25, -0.2) is 4.39 Å². The van der Waals surface area contributed by atoms with E-state index in [2.05, 4.69) is 12.2 Å². The number of hydrogen-bond donors (Lipinski definition) is 1. The second kappa shape index (κ2) is 12.3. The van der Waals surface area contributed by atoms with E-state index in [0.29, 0.717) is 13.0 Å². The lowest BCUT2D eigenvalue weighted by Crippen LogP contribution is -2.49. The van der Waals surface area contributed by atoms with Crippen LogP contribution in [0.3, 0.4) is 0 Å². The SMILES string of the molecule is CCCCNC(=O)[C@@H](CC)N(Cc1ccc(F)cc1)C(=O)CSc1ccccc1. The van der Waals surface area contributed by atoms with Gasteiger partial charge in [0.05, 0.1) is 5.75 Å². The second-order valence-electron chi connectivity index (χ2n) is 6.82. The average molecular weight is 417 g/mol. The smallest absolute Gasteiger partial charge is 0.242 e. The van der Waals surface area contributed by atoms with Crippen molar-refractivity contribution < 1.29 is 14.0 Å². The molecule has 0 bridgehead atoms. The van der Waals surface area contributed by atoms with Gasteiger partial charge in [-0.2, -0.15) is 0 Å².